The molecule has 0 saturated carbocycles. The molecule has 2 aliphatic rings. The smallest absolute Gasteiger partial charge is 0.244 e. The Hall–Kier alpha value is -1.60. The average Bonchev–Trinajstić information content (AvgIpc) is 2.87. The number of fused-ring (bicyclic) bond motifs is 1. The van der Waals surface area contributed by atoms with E-state index in [1.807, 2.05) is 26.0 Å². The molecule has 2 aliphatic heterocycles. The van der Waals surface area contributed by atoms with Crippen LogP contribution >= 0.6 is 0 Å². The number of amides is 1. The highest BCUT2D eigenvalue weighted by Gasteiger charge is 2.50. The number of piperazine rings is 1. The van der Waals surface area contributed by atoms with Crippen LogP contribution in [0.3, 0.4) is 0 Å². The van der Waals surface area contributed by atoms with Gasteiger partial charge in [0.2, 0.25) is 5.91 Å². The minimum Gasteiger partial charge on any atom is -0.497 e. The molecule has 2 fully saturated rings. The third-order valence-electron chi connectivity index (χ3n) is 5.11. The summed E-state index contributed by atoms with van der Waals surface area (Å²) in [7, 11) is -1.56. The third-order valence-corrected chi connectivity index (χ3v) is 6.83. The van der Waals surface area contributed by atoms with Gasteiger partial charge in [0.15, 0.2) is 9.84 Å². The third kappa shape index (κ3) is 3.02. The lowest BCUT2D eigenvalue weighted by atomic mass is 9.91. The Bertz CT molecular complexity index is 717. The van der Waals surface area contributed by atoms with Gasteiger partial charge in [-0.15, -0.1) is 0 Å². The van der Waals surface area contributed by atoms with Gasteiger partial charge in [-0.2, -0.15) is 0 Å². The number of methoxy groups -OCH3 is 1. The van der Waals surface area contributed by atoms with E-state index in [0.29, 0.717) is 5.75 Å². The first kappa shape index (κ1) is 17.2. The second kappa shape index (κ2) is 6.37. The lowest BCUT2D eigenvalue weighted by molar-refractivity contribution is -0.124. The zero-order valence-electron chi connectivity index (χ0n) is 14.2. The first-order valence-electron chi connectivity index (χ1n) is 8.30. The van der Waals surface area contributed by atoms with Crippen molar-refractivity contribution < 1.29 is 17.9 Å². The fraction of sp³-hybridized carbons (Fsp3) is 0.588. The van der Waals surface area contributed by atoms with Gasteiger partial charge in [-0.3, -0.25) is 10.1 Å². The molecule has 0 bridgehead atoms. The molecule has 2 saturated heterocycles. The fourth-order valence-electron chi connectivity index (χ4n) is 3.56. The van der Waals surface area contributed by atoms with Crippen molar-refractivity contribution in [3.63, 3.8) is 0 Å². The topological polar surface area (TPSA) is 75.7 Å². The van der Waals surface area contributed by atoms with Crippen molar-refractivity contribution in [2.75, 3.05) is 23.5 Å². The van der Waals surface area contributed by atoms with Crippen LogP contribution in [0.2, 0.25) is 0 Å². The SMILES string of the molecule is CCC(C)[C@@H]1N[C@@H]2CS(=O)(=O)C[C@@H]2N(c2ccc(OC)cc2)C1=O. The molecule has 0 aromatic heterocycles. The normalized spacial score (nSPS) is 30.0. The van der Waals surface area contributed by atoms with Crippen molar-refractivity contribution in [1.82, 2.24) is 5.32 Å². The predicted octanol–water partition coefficient (Wildman–Crippen LogP) is 1.21. The number of carbonyl (C=O) groups is 1. The standard InChI is InChI=1S/C17H24N2O4S/c1-4-11(2)16-17(20)19(12-5-7-13(23-3)8-6-12)15-10-24(21,22)9-14(15)18-16/h5-8,11,14-16,18H,4,9-10H2,1-3H3/t11?,14-,15+,16+/m1/s1. The second-order valence-corrected chi connectivity index (χ2v) is 8.84. The summed E-state index contributed by atoms with van der Waals surface area (Å²) in [6, 6.07) is 6.30. The van der Waals surface area contributed by atoms with Crippen molar-refractivity contribution in [3.8, 4) is 5.75 Å². The Kier molecular flexibility index (Phi) is 4.57. The molecule has 4 atom stereocenters. The Labute approximate surface area is 143 Å². The van der Waals surface area contributed by atoms with Crippen molar-refractivity contribution in [2.45, 2.75) is 38.4 Å². The van der Waals surface area contributed by atoms with E-state index >= 15 is 0 Å². The van der Waals surface area contributed by atoms with Crippen molar-refractivity contribution in [1.29, 1.82) is 0 Å². The Morgan fingerprint density at radius 2 is 1.96 bits per heavy atom. The van der Waals surface area contributed by atoms with E-state index in [0.717, 1.165) is 12.1 Å². The van der Waals surface area contributed by atoms with Crippen LogP contribution in [-0.2, 0) is 14.6 Å². The van der Waals surface area contributed by atoms with Crippen molar-refractivity contribution >= 4 is 21.4 Å². The molecular formula is C17H24N2O4S. The largest absolute Gasteiger partial charge is 0.497 e. The zero-order chi connectivity index (χ0) is 17.5. The van der Waals surface area contributed by atoms with Gasteiger partial charge in [-0.1, -0.05) is 20.3 Å². The molecule has 1 N–H and O–H groups in total. The van der Waals surface area contributed by atoms with Crippen LogP contribution in [-0.4, -0.2) is 51.1 Å². The lowest BCUT2D eigenvalue weighted by Crippen LogP contribution is -2.66. The number of nitrogens with one attached hydrogen (secondary N) is 1. The quantitative estimate of drug-likeness (QED) is 0.882. The van der Waals surface area contributed by atoms with Crippen LogP contribution in [0.15, 0.2) is 24.3 Å². The van der Waals surface area contributed by atoms with Gasteiger partial charge < -0.3 is 9.64 Å². The van der Waals surface area contributed by atoms with Crippen molar-refractivity contribution in [2.24, 2.45) is 5.92 Å². The Morgan fingerprint density at radius 3 is 2.54 bits per heavy atom. The van der Waals surface area contributed by atoms with Gasteiger partial charge >= 0.3 is 0 Å². The number of hydrogen-bond acceptors (Lipinski definition) is 5. The van der Waals surface area contributed by atoms with E-state index < -0.39 is 9.84 Å². The predicted molar refractivity (Wildman–Crippen MR) is 93.1 cm³/mol. The summed E-state index contributed by atoms with van der Waals surface area (Å²) in [5, 5.41) is 3.30. The maximum Gasteiger partial charge on any atom is 0.244 e. The number of nitrogens with zero attached hydrogens (tertiary/aromatic N) is 1. The Morgan fingerprint density at radius 1 is 1.29 bits per heavy atom. The molecule has 1 aromatic carbocycles. The average molecular weight is 352 g/mol. The maximum atomic E-state index is 13.1. The highest BCUT2D eigenvalue weighted by molar-refractivity contribution is 7.91. The van der Waals surface area contributed by atoms with E-state index in [1.54, 1.807) is 24.1 Å². The molecule has 0 aliphatic carbocycles. The van der Waals surface area contributed by atoms with Crippen LogP contribution in [0, 0.1) is 5.92 Å². The summed E-state index contributed by atoms with van der Waals surface area (Å²) in [6.45, 7) is 4.06. The van der Waals surface area contributed by atoms with Gasteiger partial charge in [0.05, 0.1) is 30.7 Å². The van der Waals surface area contributed by atoms with Gasteiger partial charge in [0.1, 0.15) is 5.75 Å². The van der Waals surface area contributed by atoms with Gasteiger partial charge in [-0.05, 0) is 30.2 Å². The number of benzene rings is 1. The summed E-state index contributed by atoms with van der Waals surface area (Å²) >= 11 is 0. The zero-order valence-corrected chi connectivity index (χ0v) is 15.0. The maximum absolute atomic E-state index is 13.1. The number of carbonyl (C=O) groups excluding carboxylic acids is 1. The fourth-order valence-corrected chi connectivity index (χ4v) is 5.47. The van der Waals surface area contributed by atoms with Gasteiger partial charge in [0.25, 0.3) is 0 Å². The minimum atomic E-state index is -3.14. The number of ether oxygens (including phenoxy) is 1. The molecular weight excluding hydrogens is 328 g/mol. The summed E-state index contributed by atoms with van der Waals surface area (Å²) in [5.41, 5.74) is 0.725. The molecule has 0 spiro atoms. The number of anilines is 1. The summed E-state index contributed by atoms with van der Waals surface area (Å²) < 4.78 is 29.4. The first-order chi connectivity index (χ1) is 11.4. The lowest BCUT2D eigenvalue weighted by Gasteiger charge is -2.43. The summed E-state index contributed by atoms with van der Waals surface area (Å²) in [5.74, 6) is 0.894. The molecule has 132 valence electrons. The van der Waals surface area contributed by atoms with Crippen LogP contribution < -0.4 is 15.0 Å². The number of sulfone groups is 1. The molecule has 3 rings (SSSR count). The highest BCUT2D eigenvalue weighted by Crippen LogP contribution is 2.32. The minimum absolute atomic E-state index is 0.00959. The van der Waals surface area contributed by atoms with Gasteiger partial charge in [-0.25, -0.2) is 8.42 Å². The molecule has 0 radical (unpaired) electrons. The molecule has 24 heavy (non-hydrogen) atoms. The Balaban J connectivity index is 1.99. The number of rotatable bonds is 4. The van der Waals surface area contributed by atoms with Gasteiger partial charge in [0, 0.05) is 11.7 Å². The van der Waals surface area contributed by atoms with E-state index in [-0.39, 0.29) is 41.5 Å². The molecule has 1 aromatic rings. The second-order valence-electron chi connectivity index (χ2n) is 6.69. The van der Waals surface area contributed by atoms with E-state index in [4.69, 9.17) is 4.74 Å². The van der Waals surface area contributed by atoms with Crippen LogP contribution in [0.25, 0.3) is 0 Å². The summed E-state index contributed by atoms with van der Waals surface area (Å²) in [6.07, 6.45) is 0.851. The van der Waals surface area contributed by atoms with Crippen molar-refractivity contribution in [3.05, 3.63) is 24.3 Å². The van der Waals surface area contributed by atoms with Crippen LogP contribution in [0.4, 0.5) is 5.69 Å². The van der Waals surface area contributed by atoms with Crippen LogP contribution in [0.5, 0.6) is 5.75 Å². The molecule has 1 amide bonds. The molecule has 1 unspecified atom stereocenters. The van der Waals surface area contributed by atoms with Crippen LogP contribution in [0.1, 0.15) is 20.3 Å². The first-order valence-corrected chi connectivity index (χ1v) is 10.1. The molecule has 7 heteroatoms. The highest BCUT2D eigenvalue weighted by atomic mass is 32.2. The van der Waals surface area contributed by atoms with E-state index in [9.17, 15) is 13.2 Å². The van der Waals surface area contributed by atoms with E-state index in [1.165, 1.54) is 0 Å². The number of hydrogen-bond donors (Lipinski definition) is 1. The summed E-state index contributed by atoms with van der Waals surface area (Å²) in [4.78, 5) is 14.8. The molecule has 6 nitrogen and oxygen atoms in total. The molecule has 2 heterocycles. The monoisotopic (exact) mass is 352 g/mol. The van der Waals surface area contributed by atoms with E-state index in [2.05, 4.69) is 5.32 Å².